The molecule has 0 aromatic heterocycles. The van der Waals surface area contributed by atoms with Gasteiger partial charge in [-0.05, 0) is 30.2 Å². The number of hydrogen-bond acceptors (Lipinski definition) is 3. The summed E-state index contributed by atoms with van der Waals surface area (Å²) < 4.78 is 41.3. The van der Waals surface area contributed by atoms with E-state index in [2.05, 4.69) is 10.1 Å². The van der Waals surface area contributed by atoms with E-state index in [0.717, 1.165) is 11.1 Å². The molecule has 0 aliphatic rings. The zero-order chi connectivity index (χ0) is 20.6. The van der Waals surface area contributed by atoms with Gasteiger partial charge in [-0.25, -0.2) is 4.79 Å². The van der Waals surface area contributed by atoms with Crippen LogP contribution in [0.2, 0.25) is 0 Å². The number of benzene rings is 2. The summed E-state index contributed by atoms with van der Waals surface area (Å²) in [5.74, 6) is 0.102. The van der Waals surface area contributed by atoms with Crippen molar-refractivity contribution in [2.45, 2.75) is 25.7 Å². The SMILES string of the molecule is CC(NC(=O)N(CCO)Cc1ccccc1)c1ccc(OCC(F)(F)F)cc1. The molecule has 2 amide bonds. The summed E-state index contributed by atoms with van der Waals surface area (Å²) in [6.45, 7) is 0.777. The number of nitrogens with one attached hydrogen (secondary N) is 1. The number of carbonyl (C=O) groups is 1. The van der Waals surface area contributed by atoms with Crippen molar-refractivity contribution in [2.75, 3.05) is 19.8 Å². The molecule has 0 saturated carbocycles. The predicted octanol–water partition coefficient (Wildman–Crippen LogP) is 3.89. The van der Waals surface area contributed by atoms with Gasteiger partial charge in [0.25, 0.3) is 0 Å². The van der Waals surface area contributed by atoms with Crippen LogP contribution in [0.1, 0.15) is 24.1 Å². The smallest absolute Gasteiger partial charge is 0.422 e. The van der Waals surface area contributed by atoms with Crippen LogP contribution in [-0.2, 0) is 6.54 Å². The zero-order valence-corrected chi connectivity index (χ0v) is 15.4. The number of rotatable bonds is 8. The Kier molecular flexibility index (Phi) is 7.69. The van der Waals surface area contributed by atoms with Crippen LogP contribution in [-0.4, -0.2) is 42.0 Å². The standard InChI is InChI=1S/C20H23F3N2O3/c1-15(17-7-9-18(10-8-17)28-14-20(21,22)23)24-19(27)25(11-12-26)13-16-5-3-2-4-6-16/h2-10,15,26H,11-14H2,1H3,(H,24,27). The fraction of sp³-hybridized carbons (Fsp3) is 0.350. The Morgan fingerprint density at radius 1 is 1.14 bits per heavy atom. The van der Waals surface area contributed by atoms with Crippen LogP contribution in [0.15, 0.2) is 54.6 Å². The zero-order valence-electron chi connectivity index (χ0n) is 15.4. The van der Waals surface area contributed by atoms with Gasteiger partial charge in [0.15, 0.2) is 6.61 Å². The van der Waals surface area contributed by atoms with E-state index in [0.29, 0.717) is 6.54 Å². The Balaban J connectivity index is 1.95. The van der Waals surface area contributed by atoms with Crippen molar-refractivity contribution in [2.24, 2.45) is 0 Å². The van der Waals surface area contributed by atoms with E-state index in [4.69, 9.17) is 0 Å². The van der Waals surface area contributed by atoms with Crippen LogP contribution in [0, 0.1) is 0 Å². The van der Waals surface area contributed by atoms with E-state index in [1.807, 2.05) is 30.3 Å². The molecule has 1 unspecified atom stereocenters. The average molecular weight is 396 g/mol. The summed E-state index contributed by atoms with van der Waals surface area (Å²) in [4.78, 5) is 14.0. The molecule has 0 fully saturated rings. The highest BCUT2D eigenvalue weighted by atomic mass is 19.4. The van der Waals surface area contributed by atoms with Crippen molar-refractivity contribution in [1.29, 1.82) is 0 Å². The minimum atomic E-state index is -4.39. The van der Waals surface area contributed by atoms with Crippen molar-refractivity contribution in [1.82, 2.24) is 10.2 Å². The number of aliphatic hydroxyl groups excluding tert-OH is 1. The maximum absolute atomic E-state index is 12.6. The molecular formula is C20H23F3N2O3. The van der Waals surface area contributed by atoms with Crippen molar-refractivity contribution < 1.29 is 27.8 Å². The van der Waals surface area contributed by atoms with Gasteiger partial charge < -0.3 is 20.1 Å². The molecule has 152 valence electrons. The van der Waals surface area contributed by atoms with E-state index in [-0.39, 0.29) is 31.0 Å². The van der Waals surface area contributed by atoms with Crippen molar-refractivity contribution in [3.05, 3.63) is 65.7 Å². The molecule has 0 aliphatic heterocycles. The third-order valence-corrected chi connectivity index (χ3v) is 4.00. The molecule has 1 atom stereocenters. The molecule has 0 bridgehead atoms. The van der Waals surface area contributed by atoms with Crippen molar-refractivity contribution in [3.8, 4) is 5.75 Å². The number of ether oxygens (including phenoxy) is 1. The second-order valence-electron chi connectivity index (χ2n) is 6.27. The second-order valence-corrected chi connectivity index (χ2v) is 6.27. The predicted molar refractivity (Wildman–Crippen MR) is 98.9 cm³/mol. The molecule has 0 heterocycles. The van der Waals surface area contributed by atoms with Crippen LogP contribution >= 0.6 is 0 Å². The number of hydrogen-bond donors (Lipinski definition) is 2. The highest BCUT2D eigenvalue weighted by molar-refractivity contribution is 5.74. The lowest BCUT2D eigenvalue weighted by Crippen LogP contribution is -2.42. The highest BCUT2D eigenvalue weighted by Crippen LogP contribution is 2.21. The fourth-order valence-electron chi connectivity index (χ4n) is 2.55. The van der Waals surface area contributed by atoms with Gasteiger partial charge in [0.05, 0.1) is 12.6 Å². The summed E-state index contributed by atoms with van der Waals surface area (Å²) in [5, 5.41) is 12.1. The Bertz CT molecular complexity index is 737. The minimum absolute atomic E-state index is 0.102. The number of aliphatic hydroxyl groups is 1. The van der Waals surface area contributed by atoms with Crippen molar-refractivity contribution >= 4 is 6.03 Å². The Hall–Kier alpha value is -2.74. The summed E-state index contributed by atoms with van der Waals surface area (Å²) >= 11 is 0. The quantitative estimate of drug-likeness (QED) is 0.712. The summed E-state index contributed by atoms with van der Waals surface area (Å²) in [6, 6.07) is 14.7. The first-order valence-electron chi connectivity index (χ1n) is 8.78. The Morgan fingerprint density at radius 2 is 1.79 bits per heavy atom. The molecule has 8 heteroatoms. The van der Waals surface area contributed by atoms with Gasteiger partial charge in [-0.15, -0.1) is 0 Å². The molecule has 28 heavy (non-hydrogen) atoms. The normalized spacial score (nSPS) is 12.3. The maximum Gasteiger partial charge on any atom is 0.422 e. The fourth-order valence-corrected chi connectivity index (χ4v) is 2.55. The summed E-state index contributed by atoms with van der Waals surface area (Å²) in [7, 11) is 0. The van der Waals surface area contributed by atoms with E-state index in [1.165, 1.54) is 17.0 Å². The molecule has 2 N–H and O–H groups in total. The molecule has 5 nitrogen and oxygen atoms in total. The largest absolute Gasteiger partial charge is 0.484 e. The van der Waals surface area contributed by atoms with Gasteiger partial charge in [0.1, 0.15) is 5.75 Å². The summed E-state index contributed by atoms with van der Waals surface area (Å²) in [5.41, 5.74) is 1.65. The number of urea groups is 1. The van der Waals surface area contributed by atoms with Crippen LogP contribution in [0.25, 0.3) is 0 Å². The first kappa shape index (κ1) is 21.6. The lowest BCUT2D eigenvalue weighted by atomic mass is 10.1. The topological polar surface area (TPSA) is 61.8 Å². The van der Waals surface area contributed by atoms with E-state index in [1.54, 1.807) is 19.1 Å². The molecular weight excluding hydrogens is 373 g/mol. The number of nitrogens with zero attached hydrogens (tertiary/aromatic N) is 1. The minimum Gasteiger partial charge on any atom is -0.484 e. The van der Waals surface area contributed by atoms with E-state index in [9.17, 15) is 23.1 Å². The average Bonchev–Trinajstić information content (AvgIpc) is 2.66. The van der Waals surface area contributed by atoms with E-state index < -0.39 is 12.8 Å². The molecule has 2 aromatic carbocycles. The Labute approximate surface area is 161 Å². The molecule has 2 aromatic rings. The highest BCUT2D eigenvalue weighted by Gasteiger charge is 2.28. The molecule has 0 radical (unpaired) electrons. The van der Waals surface area contributed by atoms with Crippen LogP contribution < -0.4 is 10.1 Å². The van der Waals surface area contributed by atoms with E-state index >= 15 is 0 Å². The van der Waals surface area contributed by atoms with Gasteiger partial charge in [-0.1, -0.05) is 42.5 Å². The molecule has 0 aliphatic carbocycles. The number of alkyl halides is 3. The second kappa shape index (κ2) is 9.98. The molecule has 0 spiro atoms. The maximum atomic E-state index is 12.6. The third kappa shape index (κ3) is 7.11. The monoisotopic (exact) mass is 396 g/mol. The van der Waals surface area contributed by atoms with Gasteiger partial charge in [-0.3, -0.25) is 0 Å². The van der Waals surface area contributed by atoms with Crippen molar-refractivity contribution in [3.63, 3.8) is 0 Å². The van der Waals surface area contributed by atoms with Gasteiger partial charge >= 0.3 is 12.2 Å². The number of amides is 2. The first-order valence-corrected chi connectivity index (χ1v) is 8.78. The Morgan fingerprint density at radius 3 is 2.36 bits per heavy atom. The van der Waals surface area contributed by atoms with Crippen LogP contribution in [0.3, 0.4) is 0 Å². The first-order chi connectivity index (χ1) is 13.3. The number of carbonyl (C=O) groups excluding carboxylic acids is 1. The number of halogens is 3. The van der Waals surface area contributed by atoms with Crippen LogP contribution in [0.5, 0.6) is 5.75 Å². The van der Waals surface area contributed by atoms with Gasteiger partial charge in [0, 0.05) is 13.1 Å². The summed E-state index contributed by atoms with van der Waals surface area (Å²) in [6.07, 6.45) is -4.39. The lowest BCUT2D eigenvalue weighted by molar-refractivity contribution is -0.153. The van der Waals surface area contributed by atoms with Gasteiger partial charge in [0.2, 0.25) is 0 Å². The van der Waals surface area contributed by atoms with Crippen LogP contribution in [0.4, 0.5) is 18.0 Å². The lowest BCUT2D eigenvalue weighted by Gasteiger charge is -2.25. The van der Waals surface area contributed by atoms with Gasteiger partial charge in [-0.2, -0.15) is 13.2 Å². The third-order valence-electron chi connectivity index (χ3n) is 4.00. The molecule has 2 rings (SSSR count). The molecule has 0 saturated heterocycles.